The van der Waals surface area contributed by atoms with Gasteiger partial charge in [-0.15, -0.1) is 0 Å². The number of carbonyl (C=O) groups is 2. The van der Waals surface area contributed by atoms with Crippen molar-refractivity contribution in [2.24, 2.45) is 0 Å². The fourth-order valence-corrected chi connectivity index (χ4v) is 2.33. The molecule has 0 fully saturated rings. The first-order valence-corrected chi connectivity index (χ1v) is 5.33. The number of rotatable bonds is 1. The lowest BCUT2D eigenvalue weighted by molar-refractivity contribution is 0.0698. The van der Waals surface area contributed by atoms with Crippen LogP contribution in [0, 0.1) is 0 Å². The number of amides is 1. The van der Waals surface area contributed by atoms with Crippen molar-refractivity contribution in [1.29, 1.82) is 0 Å². The van der Waals surface area contributed by atoms with E-state index in [2.05, 4.69) is 10.3 Å². The summed E-state index contributed by atoms with van der Waals surface area (Å²) in [6.07, 6.45) is 0.658. The first-order chi connectivity index (χ1) is 8.18. The van der Waals surface area contributed by atoms with E-state index in [-0.39, 0.29) is 11.5 Å². The highest BCUT2D eigenvalue weighted by atomic mass is 16.4. The van der Waals surface area contributed by atoms with Gasteiger partial charge in [0.15, 0.2) is 0 Å². The van der Waals surface area contributed by atoms with Crippen LogP contribution in [0.4, 0.5) is 0 Å². The molecule has 0 atom stereocenters. The molecule has 0 radical (unpaired) electrons. The summed E-state index contributed by atoms with van der Waals surface area (Å²) in [4.78, 5) is 25.8. The van der Waals surface area contributed by atoms with Gasteiger partial charge in [-0.2, -0.15) is 0 Å². The van der Waals surface area contributed by atoms with Gasteiger partial charge < -0.3 is 15.4 Å². The zero-order valence-corrected chi connectivity index (χ0v) is 8.91. The number of hydrogen-bond acceptors (Lipinski definition) is 2. The van der Waals surface area contributed by atoms with Crippen molar-refractivity contribution in [2.75, 3.05) is 6.54 Å². The Kier molecular flexibility index (Phi) is 1.95. The van der Waals surface area contributed by atoms with Gasteiger partial charge in [0.25, 0.3) is 5.91 Å². The summed E-state index contributed by atoms with van der Waals surface area (Å²) >= 11 is 0. The van der Waals surface area contributed by atoms with E-state index in [1.54, 1.807) is 18.2 Å². The molecule has 1 aliphatic heterocycles. The SMILES string of the molecule is O=C1NCCc2c1[nH]c1cccc(C(=O)O)c21. The summed E-state index contributed by atoms with van der Waals surface area (Å²) in [6.45, 7) is 0.548. The van der Waals surface area contributed by atoms with Crippen molar-refractivity contribution in [3.8, 4) is 0 Å². The highest BCUT2D eigenvalue weighted by molar-refractivity contribution is 6.09. The molecule has 3 N–H and O–H groups in total. The molecule has 5 heteroatoms. The first kappa shape index (κ1) is 9.89. The van der Waals surface area contributed by atoms with Crippen LogP contribution in [0.1, 0.15) is 26.4 Å². The molecule has 17 heavy (non-hydrogen) atoms. The number of carboxylic acids is 1. The molecule has 0 unspecified atom stereocenters. The predicted octanol–water partition coefficient (Wildman–Crippen LogP) is 1.15. The Balaban J connectivity index is 2.40. The monoisotopic (exact) mass is 230 g/mol. The van der Waals surface area contributed by atoms with Gasteiger partial charge in [-0.3, -0.25) is 4.79 Å². The molecule has 2 aromatic rings. The van der Waals surface area contributed by atoms with Gasteiger partial charge in [-0.05, 0) is 24.1 Å². The Labute approximate surface area is 96.4 Å². The van der Waals surface area contributed by atoms with Gasteiger partial charge in [0.2, 0.25) is 0 Å². The molecule has 0 bridgehead atoms. The van der Waals surface area contributed by atoms with E-state index >= 15 is 0 Å². The van der Waals surface area contributed by atoms with E-state index < -0.39 is 5.97 Å². The number of aromatic nitrogens is 1. The molecule has 86 valence electrons. The van der Waals surface area contributed by atoms with Gasteiger partial charge in [-0.25, -0.2) is 4.79 Å². The van der Waals surface area contributed by atoms with E-state index in [4.69, 9.17) is 5.11 Å². The minimum atomic E-state index is -0.969. The van der Waals surface area contributed by atoms with Crippen LogP contribution in [0.15, 0.2) is 18.2 Å². The number of carboxylic acid groups (broad SMARTS) is 1. The number of hydrogen-bond donors (Lipinski definition) is 3. The number of H-pyrrole nitrogens is 1. The fourth-order valence-electron chi connectivity index (χ4n) is 2.33. The van der Waals surface area contributed by atoms with E-state index in [9.17, 15) is 9.59 Å². The van der Waals surface area contributed by atoms with Gasteiger partial charge >= 0.3 is 5.97 Å². The third-order valence-electron chi connectivity index (χ3n) is 3.05. The lowest BCUT2D eigenvalue weighted by atomic mass is 10.0. The van der Waals surface area contributed by atoms with Crippen molar-refractivity contribution in [3.05, 3.63) is 35.0 Å². The average Bonchev–Trinajstić information content (AvgIpc) is 2.69. The second-order valence-corrected chi connectivity index (χ2v) is 4.02. The smallest absolute Gasteiger partial charge is 0.336 e. The Bertz CT molecular complexity index is 642. The van der Waals surface area contributed by atoms with E-state index in [1.165, 1.54) is 0 Å². The van der Waals surface area contributed by atoms with Gasteiger partial charge in [-0.1, -0.05) is 6.07 Å². The molecule has 0 saturated heterocycles. The molecule has 1 aromatic heterocycles. The first-order valence-electron chi connectivity index (χ1n) is 5.33. The molecule has 0 spiro atoms. The number of carbonyl (C=O) groups excluding carboxylic acids is 1. The largest absolute Gasteiger partial charge is 0.478 e. The summed E-state index contributed by atoms with van der Waals surface area (Å²) in [7, 11) is 0. The molecule has 1 aliphatic rings. The number of aromatic carboxylic acids is 1. The maximum absolute atomic E-state index is 11.6. The molecule has 1 amide bonds. The van der Waals surface area contributed by atoms with Crippen molar-refractivity contribution in [1.82, 2.24) is 10.3 Å². The standard InChI is InChI=1S/C12H10N2O3/c15-11-10-6(4-5-13-11)9-7(12(16)17)2-1-3-8(9)14-10/h1-3,14H,4-5H2,(H,13,15)(H,16,17). The molecule has 0 saturated carbocycles. The number of aromatic amines is 1. The van der Waals surface area contributed by atoms with Crippen LogP contribution in [-0.2, 0) is 6.42 Å². The molecular formula is C12H10N2O3. The molecule has 2 heterocycles. The molecular weight excluding hydrogens is 220 g/mol. The zero-order chi connectivity index (χ0) is 12.0. The predicted molar refractivity (Wildman–Crippen MR) is 61.3 cm³/mol. The number of fused-ring (bicyclic) bond motifs is 3. The van der Waals surface area contributed by atoms with Crippen LogP contribution in [0.3, 0.4) is 0 Å². The van der Waals surface area contributed by atoms with Gasteiger partial charge in [0.05, 0.1) is 5.56 Å². The van der Waals surface area contributed by atoms with Crippen LogP contribution >= 0.6 is 0 Å². The lowest BCUT2D eigenvalue weighted by Crippen LogP contribution is -2.31. The average molecular weight is 230 g/mol. The quantitative estimate of drug-likeness (QED) is 0.687. The van der Waals surface area contributed by atoms with E-state index in [0.29, 0.717) is 29.6 Å². The minimum Gasteiger partial charge on any atom is -0.478 e. The minimum absolute atomic E-state index is 0.168. The Morgan fingerprint density at radius 1 is 1.35 bits per heavy atom. The Hall–Kier alpha value is -2.30. The van der Waals surface area contributed by atoms with Crippen LogP contribution in [0.2, 0.25) is 0 Å². The molecule has 1 aromatic carbocycles. The van der Waals surface area contributed by atoms with Crippen LogP contribution in [0.25, 0.3) is 10.9 Å². The van der Waals surface area contributed by atoms with Crippen molar-refractivity contribution < 1.29 is 14.7 Å². The summed E-state index contributed by atoms with van der Waals surface area (Å²) in [5.41, 5.74) is 2.24. The van der Waals surface area contributed by atoms with Crippen LogP contribution in [0.5, 0.6) is 0 Å². The second kappa shape index (κ2) is 3.35. The van der Waals surface area contributed by atoms with E-state index in [0.717, 1.165) is 5.56 Å². The maximum Gasteiger partial charge on any atom is 0.336 e. The number of nitrogens with one attached hydrogen (secondary N) is 2. The highest BCUT2D eigenvalue weighted by Crippen LogP contribution is 2.28. The third kappa shape index (κ3) is 1.32. The maximum atomic E-state index is 11.6. The van der Waals surface area contributed by atoms with Crippen molar-refractivity contribution >= 4 is 22.8 Å². The van der Waals surface area contributed by atoms with Crippen LogP contribution in [-0.4, -0.2) is 28.5 Å². The topological polar surface area (TPSA) is 82.2 Å². The summed E-state index contributed by atoms with van der Waals surface area (Å²) in [5, 5.41) is 12.5. The normalized spacial score (nSPS) is 14.5. The van der Waals surface area contributed by atoms with Crippen LogP contribution < -0.4 is 5.32 Å². The van der Waals surface area contributed by atoms with Crippen molar-refractivity contribution in [2.45, 2.75) is 6.42 Å². The summed E-state index contributed by atoms with van der Waals surface area (Å²) < 4.78 is 0. The zero-order valence-electron chi connectivity index (χ0n) is 8.91. The van der Waals surface area contributed by atoms with Crippen molar-refractivity contribution in [3.63, 3.8) is 0 Å². The van der Waals surface area contributed by atoms with E-state index in [1.807, 2.05) is 0 Å². The van der Waals surface area contributed by atoms with Gasteiger partial charge in [0, 0.05) is 17.4 Å². The lowest BCUT2D eigenvalue weighted by Gasteiger charge is -2.12. The molecule has 5 nitrogen and oxygen atoms in total. The Morgan fingerprint density at radius 2 is 2.18 bits per heavy atom. The molecule has 0 aliphatic carbocycles. The Morgan fingerprint density at radius 3 is 2.94 bits per heavy atom. The summed E-state index contributed by atoms with van der Waals surface area (Å²) in [6, 6.07) is 5.02. The second-order valence-electron chi connectivity index (χ2n) is 4.02. The highest BCUT2D eigenvalue weighted by Gasteiger charge is 2.24. The third-order valence-corrected chi connectivity index (χ3v) is 3.05. The molecule has 3 rings (SSSR count). The summed E-state index contributed by atoms with van der Waals surface area (Å²) in [5.74, 6) is -1.14. The van der Waals surface area contributed by atoms with Gasteiger partial charge in [0.1, 0.15) is 5.69 Å². The number of benzene rings is 1. The fraction of sp³-hybridized carbons (Fsp3) is 0.167.